The third-order valence-electron chi connectivity index (χ3n) is 3.22. The number of hydrogen-bond acceptors (Lipinski definition) is 2. The minimum Gasteiger partial charge on any atom is -0.330 e. The van der Waals surface area contributed by atoms with Crippen LogP contribution in [0.5, 0.6) is 0 Å². The zero-order chi connectivity index (χ0) is 10.2. The molecule has 1 aliphatic carbocycles. The number of aryl methyl sites for hydroxylation is 2. The van der Waals surface area contributed by atoms with Gasteiger partial charge in [-0.2, -0.15) is 5.10 Å². The van der Waals surface area contributed by atoms with Crippen molar-refractivity contribution in [2.45, 2.75) is 39.7 Å². The molecule has 2 N–H and O–H groups in total. The fourth-order valence-electron chi connectivity index (χ4n) is 2.12. The van der Waals surface area contributed by atoms with Crippen molar-refractivity contribution in [1.29, 1.82) is 0 Å². The summed E-state index contributed by atoms with van der Waals surface area (Å²) in [6.07, 6.45) is 3.79. The van der Waals surface area contributed by atoms with Crippen LogP contribution in [0.4, 0.5) is 0 Å². The molecule has 1 aliphatic rings. The number of rotatable bonds is 4. The van der Waals surface area contributed by atoms with Gasteiger partial charge in [-0.05, 0) is 51.1 Å². The molecule has 1 fully saturated rings. The van der Waals surface area contributed by atoms with Crippen LogP contribution in [0.2, 0.25) is 0 Å². The van der Waals surface area contributed by atoms with Gasteiger partial charge in [0, 0.05) is 12.2 Å². The third-order valence-corrected chi connectivity index (χ3v) is 3.22. The first-order valence-corrected chi connectivity index (χ1v) is 5.36. The van der Waals surface area contributed by atoms with E-state index in [2.05, 4.69) is 22.8 Å². The fourth-order valence-corrected chi connectivity index (χ4v) is 2.12. The molecule has 0 amide bonds. The Morgan fingerprint density at radius 2 is 2.21 bits per heavy atom. The molecule has 3 nitrogen and oxygen atoms in total. The summed E-state index contributed by atoms with van der Waals surface area (Å²) < 4.78 is 2.14. The van der Waals surface area contributed by atoms with Crippen molar-refractivity contribution in [3.05, 3.63) is 17.5 Å². The monoisotopic (exact) mass is 193 g/mol. The van der Waals surface area contributed by atoms with Crippen molar-refractivity contribution >= 4 is 0 Å². The van der Waals surface area contributed by atoms with Crippen molar-refractivity contribution in [1.82, 2.24) is 9.78 Å². The summed E-state index contributed by atoms with van der Waals surface area (Å²) in [5.41, 5.74) is 8.49. The Morgan fingerprint density at radius 1 is 1.50 bits per heavy atom. The molecular formula is C11H19N3. The van der Waals surface area contributed by atoms with Gasteiger partial charge in [0.05, 0.1) is 5.69 Å². The molecule has 0 unspecified atom stereocenters. The molecule has 0 atom stereocenters. The largest absolute Gasteiger partial charge is 0.330 e. The number of aromatic nitrogens is 2. The van der Waals surface area contributed by atoms with E-state index in [1.807, 2.05) is 6.92 Å². The van der Waals surface area contributed by atoms with E-state index in [9.17, 15) is 0 Å². The summed E-state index contributed by atoms with van der Waals surface area (Å²) in [4.78, 5) is 0. The van der Waals surface area contributed by atoms with E-state index in [0.717, 1.165) is 25.2 Å². The molecule has 2 rings (SSSR count). The molecule has 0 aromatic carbocycles. The van der Waals surface area contributed by atoms with Crippen LogP contribution in [-0.2, 0) is 6.54 Å². The predicted octanol–water partition coefficient (Wildman–Crippen LogP) is 1.63. The Balaban J connectivity index is 2.07. The van der Waals surface area contributed by atoms with E-state index in [1.165, 1.54) is 18.5 Å². The topological polar surface area (TPSA) is 43.8 Å². The zero-order valence-electron chi connectivity index (χ0n) is 9.08. The first-order valence-electron chi connectivity index (χ1n) is 5.36. The van der Waals surface area contributed by atoms with Crippen molar-refractivity contribution in [3.63, 3.8) is 0 Å². The Kier molecular flexibility index (Phi) is 2.35. The Hall–Kier alpha value is -0.830. The van der Waals surface area contributed by atoms with Gasteiger partial charge in [0.1, 0.15) is 0 Å². The van der Waals surface area contributed by atoms with Gasteiger partial charge in [-0.15, -0.1) is 0 Å². The minimum atomic E-state index is 0.484. The average Bonchev–Trinajstić information content (AvgIpc) is 2.77. The number of nitrogens with zero attached hydrogens (tertiary/aromatic N) is 2. The summed E-state index contributed by atoms with van der Waals surface area (Å²) >= 11 is 0. The van der Waals surface area contributed by atoms with E-state index in [0.29, 0.717) is 5.41 Å². The Bertz CT molecular complexity index is 323. The van der Waals surface area contributed by atoms with Gasteiger partial charge in [0.2, 0.25) is 0 Å². The average molecular weight is 193 g/mol. The summed E-state index contributed by atoms with van der Waals surface area (Å²) in [5, 5.41) is 4.49. The van der Waals surface area contributed by atoms with Gasteiger partial charge in [0.25, 0.3) is 0 Å². The van der Waals surface area contributed by atoms with Crippen molar-refractivity contribution in [2.75, 3.05) is 6.54 Å². The van der Waals surface area contributed by atoms with E-state index in [4.69, 9.17) is 5.73 Å². The lowest BCUT2D eigenvalue weighted by atomic mass is 10.0. The lowest BCUT2D eigenvalue weighted by Gasteiger charge is -2.14. The van der Waals surface area contributed by atoms with Crippen LogP contribution < -0.4 is 5.73 Å². The molecule has 78 valence electrons. The van der Waals surface area contributed by atoms with Crippen LogP contribution in [0.1, 0.15) is 30.7 Å². The second-order valence-electron chi connectivity index (χ2n) is 4.62. The predicted molar refractivity (Wildman–Crippen MR) is 57.0 cm³/mol. The van der Waals surface area contributed by atoms with E-state index in [1.54, 1.807) is 0 Å². The highest BCUT2D eigenvalue weighted by Gasteiger charge is 2.42. The van der Waals surface area contributed by atoms with Crippen LogP contribution in [0.15, 0.2) is 6.07 Å². The molecule has 1 aromatic rings. The van der Waals surface area contributed by atoms with Gasteiger partial charge >= 0.3 is 0 Å². The van der Waals surface area contributed by atoms with Crippen LogP contribution in [0, 0.1) is 19.3 Å². The summed E-state index contributed by atoms with van der Waals surface area (Å²) in [5.74, 6) is 0. The molecule has 1 saturated carbocycles. The quantitative estimate of drug-likeness (QED) is 0.789. The highest BCUT2D eigenvalue weighted by Crippen LogP contribution is 2.49. The molecule has 1 aromatic heterocycles. The van der Waals surface area contributed by atoms with E-state index < -0.39 is 0 Å². The van der Waals surface area contributed by atoms with Crippen molar-refractivity contribution < 1.29 is 0 Å². The molecule has 3 heteroatoms. The van der Waals surface area contributed by atoms with E-state index in [-0.39, 0.29) is 0 Å². The van der Waals surface area contributed by atoms with Crippen LogP contribution in [0.25, 0.3) is 0 Å². The van der Waals surface area contributed by atoms with E-state index >= 15 is 0 Å². The van der Waals surface area contributed by atoms with Crippen LogP contribution in [-0.4, -0.2) is 16.3 Å². The molecule has 0 saturated heterocycles. The molecule has 1 heterocycles. The minimum absolute atomic E-state index is 0.484. The normalized spacial score (nSPS) is 18.5. The van der Waals surface area contributed by atoms with Crippen molar-refractivity contribution in [2.24, 2.45) is 11.1 Å². The van der Waals surface area contributed by atoms with Gasteiger partial charge in [-0.1, -0.05) is 0 Å². The molecule has 0 aliphatic heterocycles. The van der Waals surface area contributed by atoms with Gasteiger partial charge in [-0.3, -0.25) is 4.68 Å². The van der Waals surface area contributed by atoms with Crippen molar-refractivity contribution in [3.8, 4) is 0 Å². The summed E-state index contributed by atoms with van der Waals surface area (Å²) in [6.45, 7) is 6.04. The van der Waals surface area contributed by atoms with Gasteiger partial charge in [-0.25, -0.2) is 0 Å². The summed E-state index contributed by atoms with van der Waals surface area (Å²) in [6, 6.07) is 2.14. The molecule has 0 bridgehead atoms. The van der Waals surface area contributed by atoms with Crippen LogP contribution >= 0.6 is 0 Å². The Labute approximate surface area is 85.3 Å². The number of nitrogens with two attached hydrogens (primary N) is 1. The fraction of sp³-hybridized carbons (Fsp3) is 0.727. The summed E-state index contributed by atoms with van der Waals surface area (Å²) in [7, 11) is 0. The third kappa shape index (κ3) is 1.82. The maximum atomic E-state index is 5.62. The standard InChI is InChI=1S/C11H19N3/c1-9-7-10(2)14(13-9)8-11(3-4-11)5-6-12/h7H,3-6,8,12H2,1-2H3. The zero-order valence-corrected chi connectivity index (χ0v) is 9.08. The maximum absolute atomic E-state index is 5.62. The smallest absolute Gasteiger partial charge is 0.0596 e. The van der Waals surface area contributed by atoms with Gasteiger partial charge < -0.3 is 5.73 Å². The highest BCUT2D eigenvalue weighted by atomic mass is 15.3. The molecular weight excluding hydrogens is 174 g/mol. The second kappa shape index (κ2) is 3.39. The lowest BCUT2D eigenvalue weighted by Crippen LogP contribution is -2.17. The molecule has 0 spiro atoms. The Morgan fingerprint density at radius 3 is 2.64 bits per heavy atom. The molecule has 0 radical (unpaired) electrons. The second-order valence-corrected chi connectivity index (χ2v) is 4.62. The highest BCUT2D eigenvalue weighted by molar-refractivity contribution is 5.08. The maximum Gasteiger partial charge on any atom is 0.0596 e. The van der Waals surface area contributed by atoms with Crippen LogP contribution in [0.3, 0.4) is 0 Å². The molecule has 14 heavy (non-hydrogen) atoms. The lowest BCUT2D eigenvalue weighted by molar-refractivity contribution is 0.371. The SMILES string of the molecule is Cc1cc(C)n(CC2(CCN)CC2)n1. The first-order chi connectivity index (χ1) is 6.65. The van der Waals surface area contributed by atoms with Gasteiger partial charge in [0.15, 0.2) is 0 Å². The first kappa shape index (κ1) is 9.71. The number of hydrogen-bond donors (Lipinski definition) is 1.